The van der Waals surface area contributed by atoms with Crippen LogP contribution >= 0.6 is 0 Å². The lowest BCUT2D eigenvalue weighted by Gasteiger charge is -2.23. The summed E-state index contributed by atoms with van der Waals surface area (Å²) >= 11 is 0. The Kier molecular flexibility index (Phi) is 5.37. The number of methoxy groups -OCH3 is 1. The van der Waals surface area contributed by atoms with E-state index in [1.54, 1.807) is 7.11 Å². The van der Waals surface area contributed by atoms with E-state index in [-0.39, 0.29) is 5.60 Å². The van der Waals surface area contributed by atoms with Crippen molar-refractivity contribution in [3.05, 3.63) is 30.1 Å². The maximum Gasteiger partial charge on any atom is 0.140 e. The second-order valence-corrected chi connectivity index (χ2v) is 6.11. The van der Waals surface area contributed by atoms with Crippen LogP contribution in [0, 0.1) is 0 Å². The molecule has 2 rings (SSSR count). The average molecular weight is 289 g/mol. The number of aromatic nitrogens is 2. The van der Waals surface area contributed by atoms with E-state index >= 15 is 0 Å². The fourth-order valence-corrected chi connectivity index (χ4v) is 2.40. The summed E-state index contributed by atoms with van der Waals surface area (Å²) in [7, 11) is 1.77. The predicted octanol–water partition coefficient (Wildman–Crippen LogP) is 3.35. The highest BCUT2D eigenvalue weighted by atomic mass is 16.5. The molecule has 0 radical (unpaired) electrons. The summed E-state index contributed by atoms with van der Waals surface area (Å²) in [5.74, 6) is 0. The van der Waals surface area contributed by atoms with Crippen LogP contribution in [-0.4, -0.2) is 28.8 Å². The van der Waals surface area contributed by atoms with Gasteiger partial charge in [-0.25, -0.2) is 4.98 Å². The summed E-state index contributed by atoms with van der Waals surface area (Å²) in [5, 5.41) is 4.72. The normalized spacial score (nSPS) is 12.2. The van der Waals surface area contributed by atoms with Crippen molar-refractivity contribution in [2.75, 3.05) is 13.7 Å². The molecule has 4 heteroatoms. The van der Waals surface area contributed by atoms with Crippen LogP contribution in [0.25, 0.3) is 11.0 Å². The molecule has 0 aromatic carbocycles. The smallest absolute Gasteiger partial charge is 0.140 e. The maximum atomic E-state index is 5.51. The van der Waals surface area contributed by atoms with E-state index < -0.39 is 0 Å². The molecule has 0 aliphatic carbocycles. The van der Waals surface area contributed by atoms with Gasteiger partial charge in [-0.2, -0.15) is 0 Å². The molecule has 0 aliphatic heterocycles. The third-order valence-electron chi connectivity index (χ3n) is 3.97. The van der Waals surface area contributed by atoms with E-state index in [1.165, 1.54) is 10.9 Å². The average Bonchev–Trinajstić information content (AvgIpc) is 2.84. The second kappa shape index (κ2) is 7.05. The molecule has 1 N–H and O–H groups in total. The number of hydrogen-bond donors (Lipinski definition) is 1. The fourth-order valence-electron chi connectivity index (χ4n) is 2.40. The molecule has 21 heavy (non-hydrogen) atoms. The minimum absolute atomic E-state index is 0.105. The minimum Gasteiger partial charge on any atom is -0.379 e. The van der Waals surface area contributed by atoms with Gasteiger partial charge in [-0.05, 0) is 50.9 Å². The van der Waals surface area contributed by atoms with Crippen molar-refractivity contribution >= 4 is 11.0 Å². The van der Waals surface area contributed by atoms with Crippen LogP contribution in [0.3, 0.4) is 0 Å². The van der Waals surface area contributed by atoms with Crippen LogP contribution in [-0.2, 0) is 17.8 Å². The van der Waals surface area contributed by atoms with Crippen LogP contribution in [0.15, 0.2) is 24.5 Å². The molecule has 2 aromatic heterocycles. The summed E-state index contributed by atoms with van der Waals surface area (Å²) in [6.07, 6.45) is 6.21. The summed E-state index contributed by atoms with van der Waals surface area (Å²) in [4.78, 5) is 4.55. The van der Waals surface area contributed by atoms with Gasteiger partial charge in [-0.3, -0.25) is 0 Å². The van der Waals surface area contributed by atoms with E-state index in [1.807, 2.05) is 12.3 Å². The lowest BCUT2D eigenvalue weighted by molar-refractivity contribution is 0.0123. The molecule has 2 aromatic rings. The lowest BCUT2D eigenvalue weighted by Crippen LogP contribution is -2.24. The molecular formula is C17H27N3O. The maximum absolute atomic E-state index is 5.51. The zero-order chi connectivity index (χ0) is 15.3. The molecular weight excluding hydrogens is 262 g/mol. The SMILES string of the molecule is CCCNCc1cn(CCC(C)(C)OC)c2ncccc12. The third-order valence-corrected chi connectivity index (χ3v) is 3.97. The number of aryl methyl sites for hydroxylation is 1. The number of nitrogens with one attached hydrogen (secondary N) is 1. The van der Waals surface area contributed by atoms with E-state index in [2.05, 4.69) is 47.9 Å². The molecule has 0 atom stereocenters. The van der Waals surface area contributed by atoms with E-state index in [9.17, 15) is 0 Å². The fraction of sp³-hybridized carbons (Fsp3) is 0.588. The summed E-state index contributed by atoms with van der Waals surface area (Å²) in [6, 6.07) is 4.17. The summed E-state index contributed by atoms with van der Waals surface area (Å²) < 4.78 is 7.76. The van der Waals surface area contributed by atoms with Crippen molar-refractivity contribution in [1.29, 1.82) is 0 Å². The van der Waals surface area contributed by atoms with Crippen LogP contribution in [0.5, 0.6) is 0 Å². The Morgan fingerprint density at radius 1 is 1.38 bits per heavy atom. The molecule has 0 saturated heterocycles. The first-order chi connectivity index (χ1) is 10.1. The van der Waals surface area contributed by atoms with Gasteiger partial charge in [0.25, 0.3) is 0 Å². The first-order valence-electron chi connectivity index (χ1n) is 7.76. The molecule has 0 amide bonds. The number of pyridine rings is 1. The molecule has 116 valence electrons. The first-order valence-corrected chi connectivity index (χ1v) is 7.76. The molecule has 0 aliphatic rings. The largest absolute Gasteiger partial charge is 0.379 e. The van der Waals surface area contributed by atoms with Gasteiger partial charge in [0, 0.05) is 38.0 Å². The second-order valence-electron chi connectivity index (χ2n) is 6.11. The topological polar surface area (TPSA) is 39.1 Å². The molecule has 2 heterocycles. The molecule has 0 unspecified atom stereocenters. The quantitative estimate of drug-likeness (QED) is 0.757. The molecule has 0 fully saturated rings. The highest BCUT2D eigenvalue weighted by molar-refractivity contribution is 5.80. The van der Waals surface area contributed by atoms with E-state index in [0.717, 1.165) is 38.1 Å². The zero-order valence-corrected chi connectivity index (χ0v) is 13.6. The number of ether oxygens (including phenoxy) is 1. The third kappa shape index (κ3) is 4.05. The number of hydrogen-bond acceptors (Lipinski definition) is 3. The van der Waals surface area contributed by atoms with Gasteiger partial charge >= 0.3 is 0 Å². The standard InChI is InChI=1S/C17H27N3O/c1-5-9-18-12-14-13-20(11-8-17(2,3)21-4)16-15(14)7-6-10-19-16/h6-7,10,13,18H,5,8-9,11-12H2,1-4H3. The zero-order valence-electron chi connectivity index (χ0n) is 13.6. The Balaban J connectivity index is 2.19. The van der Waals surface area contributed by atoms with Crippen molar-refractivity contribution in [2.24, 2.45) is 0 Å². The van der Waals surface area contributed by atoms with Crippen molar-refractivity contribution < 1.29 is 4.74 Å². The van der Waals surface area contributed by atoms with Gasteiger partial charge in [0.1, 0.15) is 5.65 Å². The number of nitrogens with zero attached hydrogens (tertiary/aromatic N) is 2. The van der Waals surface area contributed by atoms with Crippen molar-refractivity contribution in [1.82, 2.24) is 14.9 Å². The van der Waals surface area contributed by atoms with Gasteiger partial charge in [0.2, 0.25) is 0 Å². The minimum atomic E-state index is -0.105. The molecule has 0 spiro atoms. The Morgan fingerprint density at radius 2 is 2.19 bits per heavy atom. The highest BCUT2D eigenvalue weighted by Crippen LogP contribution is 2.22. The monoisotopic (exact) mass is 289 g/mol. The van der Waals surface area contributed by atoms with E-state index in [4.69, 9.17) is 4.74 Å². The van der Waals surface area contributed by atoms with Crippen molar-refractivity contribution in [3.63, 3.8) is 0 Å². The molecule has 4 nitrogen and oxygen atoms in total. The van der Waals surface area contributed by atoms with Gasteiger partial charge < -0.3 is 14.6 Å². The highest BCUT2D eigenvalue weighted by Gasteiger charge is 2.17. The Hall–Kier alpha value is -1.39. The van der Waals surface area contributed by atoms with E-state index in [0.29, 0.717) is 0 Å². The lowest BCUT2D eigenvalue weighted by atomic mass is 10.1. The number of rotatable bonds is 8. The van der Waals surface area contributed by atoms with Crippen molar-refractivity contribution in [2.45, 2.75) is 52.3 Å². The van der Waals surface area contributed by atoms with Crippen LogP contribution < -0.4 is 5.32 Å². The molecule has 0 saturated carbocycles. The van der Waals surface area contributed by atoms with Gasteiger partial charge in [-0.1, -0.05) is 6.92 Å². The van der Waals surface area contributed by atoms with Crippen LogP contribution in [0.2, 0.25) is 0 Å². The Morgan fingerprint density at radius 3 is 2.90 bits per heavy atom. The Labute approximate surface area is 127 Å². The molecule has 0 bridgehead atoms. The summed E-state index contributed by atoms with van der Waals surface area (Å²) in [6.45, 7) is 9.29. The van der Waals surface area contributed by atoms with Crippen LogP contribution in [0.1, 0.15) is 39.2 Å². The van der Waals surface area contributed by atoms with Gasteiger partial charge in [0.05, 0.1) is 5.60 Å². The van der Waals surface area contributed by atoms with Gasteiger partial charge in [-0.15, -0.1) is 0 Å². The number of fused-ring (bicyclic) bond motifs is 1. The van der Waals surface area contributed by atoms with Crippen LogP contribution in [0.4, 0.5) is 0 Å². The van der Waals surface area contributed by atoms with Crippen molar-refractivity contribution in [3.8, 4) is 0 Å². The first kappa shape index (κ1) is 16.0. The predicted molar refractivity (Wildman–Crippen MR) is 87.4 cm³/mol. The van der Waals surface area contributed by atoms with Gasteiger partial charge in [0.15, 0.2) is 0 Å². The Bertz CT molecular complexity index is 574. The summed E-state index contributed by atoms with van der Waals surface area (Å²) in [5.41, 5.74) is 2.28.